The molecule has 0 fully saturated rings. The molecule has 34 heavy (non-hydrogen) atoms. The zero-order valence-corrected chi connectivity index (χ0v) is 21.4. The van der Waals surface area contributed by atoms with E-state index in [2.05, 4.69) is 46.7 Å². The highest BCUT2D eigenvalue weighted by Gasteiger charge is 2.18. The topological polar surface area (TPSA) is 25.9 Å². The normalized spacial score (nSPS) is 11.3. The van der Waals surface area contributed by atoms with Crippen LogP contribution in [0, 0.1) is 0 Å². The number of carbonyl (C=O) groups is 1. The van der Waals surface area contributed by atoms with Crippen LogP contribution < -0.4 is 4.57 Å². The van der Waals surface area contributed by atoms with Crippen LogP contribution in [-0.4, -0.2) is 10.4 Å². The van der Waals surface area contributed by atoms with Crippen LogP contribution in [0.1, 0.15) is 107 Å². The Bertz CT molecular complexity index is 960. The molecule has 1 heterocycles. The number of para-hydroxylation sites is 2. The number of nitrogens with zero attached hydrogens (tertiary/aromatic N) is 2. The Morgan fingerprint density at radius 3 is 1.82 bits per heavy atom. The van der Waals surface area contributed by atoms with Gasteiger partial charge in [0.25, 0.3) is 0 Å². The second-order valence-corrected chi connectivity index (χ2v) is 9.81. The number of imidazole rings is 1. The van der Waals surface area contributed by atoms with E-state index in [-0.39, 0.29) is 5.78 Å². The predicted octanol–water partition coefficient (Wildman–Crippen LogP) is 8.29. The molecule has 0 amide bonds. The second kappa shape index (κ2) is 15.5. The molecule has 3 aromatic rings. The third-order valence-electron chi connectivity index (χ3n) is 6.94. The lowest BCUT2D eigenvalue weighted by Crippen LogP contribution is -2.36. The number of benzene rings is 2. The molecule has 0 N–H and O–H groups in total. The number of hydrogen-bond donors (Lipinski definition) is 0. The smallest absolute Gasteiger partial charge is 0.245 e. The third-order valence-corrected chi connectivity index (χ3v) is 6.94. The SMILES string of the molecule is CCCCCCCCCCCCCCCCn1c[n+](CC(=O)c2ccccc2)c2ccccc21. The standard InChI is InChI=1S/C31H45N2O/c1-2-3-4-5-6-7-8-9-10-11-12-13-14-20-25-32-27-33(30-24-19-18-23-29(30)32)26-31(34)28-21-16-15-17-22-28/h15-19,21-24,27H,2-14,20,25-26H2,1H3/q+1. The Morgan fingerprint density at radius 1 is 0.676 bits per heavy atom. The first kappa shape index (κ1) is 26.2. The zero-order valence-electron chi connectivity index (χ0n) is 21.4. The Balaban J connectivity index is 1.33. The van der Waals surface area contributed by atoms with Crippen LogP contribution in [0.4, 0.5) is 0 Å². The summed E-state index contributed by atoms with van der Waals surface area (Å²) in [6, 6.07) is 18.0. The Kier molecular flexibility index (Phi) is 11.9. The molecular formula is C31H45N2O+. The highest BCUT2D eigenvalue weighted by molar-refractivity contribution is 5.95. The van der Waals surface area contributed by atoms with E-state index in [0.717, 1.165) is 17.6 Å². The number of aryl methyl sites for hydroxylation is 1. The number of fused-ring (bicyclic) bond motifs is 1. The molecule has 0 spiro atoms. The number of Topliss-reactive ketones (excluding diaryl/α,β-unsaturated/α-hetero) is 1. The maximum absolute atomic E-state index is 12.7. The number of unbranched alkanes of at least 4 members (excludes halogenated alkanes) is 13. The Morgan fingerprint density at radius 2 is 1.21 bits per heavy atom. The van der Waals surface area contributed by atoms with Gasteiger partial charge in [0.15, 0.2) is 17.6 Å². The van der Waals surface area contributed by atoms with Gasteiger partial charge in [-0.25, -0.2) is 9.13 Å². The first-order chi connectivity index (χ1) is 16.8. The van der Waals surface area contributed by atoms with Crippen LogP contribution in [0.3, 0.4) is 0 Å². The molecule has 0 radical (unpaired) electrons. The van der Waals surface area contributed by atoms with Crippen molar-refractivity contribution < 1.29 is 9.36 Å². The fourth-order valence-corrected chi connectivity index (χ4v) is 4.89. The van der Waals surface area contributed by atoms with Crippen molar-refractivity contribution in [2.45, 2.75) is 110 Å². The molecule has 0 atom stereocenters. The van der Waals surface area contributed by atoms with E-state index in [1.807, 2.05) is 30.3 Å². The lowest BCUT2D eigenvalue weighted by molar-refractivity contribution is -0.658. The van der Waals surface area contributed by atoms with Gasteiger partial charge in [-0.15, -0.1) is 0 Å². The molecule has 2 aromatic carbocycles. The van der Waals surface area contributed by atoms with E-state index < -0.39 is 0 Å². The monoisotopic (exact) mass is 461 g/mol. The summed E-state index contributed by atoms with van der Waals surface area (Å²) in [4.78, 5) is 12.7. The van der Waals surface area contributed by atoms with Gasteiger partial charge in [0.2, 0.25) is 12.1 Å². The van der Waals surface area contributed by atoms with Crippen LogP contribution in [0.25, 0.3) is 11.0 Å². The van der Waals surface area contributed by atoms with Crippen molar-refractivity contribution in [1.29, 1.82) is 0 Å². The number of carbonyl (C=O) groups excluding carboxylic acids is 1. The summed E-state index contributed by atoms with van der Waals surface area (Å²) >= 11 is 0. The maximum atomic E-state index is 12.7. The van der Waals surface area contributed by atoms with Crippen LogP contribution in [0.2, 0.25) is 0 Å². The Hall–Kier alpha value is -2.42. The summed E-state index contributed by atoms with van der Waals surface area (Å²) in [5, 5.41) is 0. The fraction of sp³-hybridized carbons (Fsp3) is 0.548. The van der Waals surface area contributed by atoms with Crippen LogP contribution in [0.15, 0.2) is 60.9 Å². The van der Waals surface area contributed by atoms with Gasteiger partial charge >= 0.3 is 0 Å². The average Bonchev–Trinajstić information content (AvgIpc) is 3.22. The Labute approximate surface area is 207 Å². The molecule has 0 bridgehead atoms. The molecular weight excluding hydrogens is 416 g/mol. The minimum absolute atomic E-state index is 0.157. The maximum Gasteiger partial charge on any atom is 0.245 e. The van der Waals surface area contributed by atoms with Crippen molar-refractivity contribution in [3.63, 3.8) is 0 Å². The molecule has 3 nitrogen and oxygen atoms in total. The van der Waals surface area contributed by atoms with Crippen molar-refractivity contribution in [3.8, 4) is 0 Å². The summed E-state index contributed by atoms with van der Waals surface area (Å²) in [6.45, 7) is 3.69. The lowest BCUT2D eigenvalue weighted by atomic mass is 10.0. The van der Waals surface area contributed by atoms with E-state index in [9.17, 15) is 4.79 Å². The second-order valence-electron chi connectivity index (χ2n) is 9.81. The van der Waals surface area contributed by atoms with Crippen molar-refractivity contribution in [2.24, 2.45) is 0 Å². The van der Waals surface area contributed by atoms with Crippen molar-refractivity contribution in [1.82, 2.24) is 4.57 Å². The van der Waals surface area contributed by atoms with Crippen molar-refractivity contribution >= 4 is 16.8 Å². The summed E-state index contributed by atoms with van der Waals surface area (Å²) in [7, 11) is 0. The number of rotatable bonds is 18. The highest BCUT2D eigenvalue weighted by Crippen LogP contribution is 2.15. The third kappa shape index (κ3) is 8.74. The minimum Gasteiger partial charge on any atom is -0.290 e. The van der Waals surface area contributed by atoms with E-state index in [0.29, 0.717) is 6.54 Å². The van der Waals surface area contributed by atoms with Gasteiger partial charge in [0.05, 0.1) is 6.54 Å². The molecule has 0 aliphatic heterocycles. The fourth-order valence-electron chi connectivity index (χ4n) is 4.89. The molecule has 1 aromatic heterocycles. The average molecular weight is 462 g/mol. The summed E-state index contributed by atoms with van der Waals surface area (Å²) in [5.41, 5.74) is 3.13. The lowest BCUT2D eigenvalue weighted by Gasteiger charge is -2.03. The van der Waals surface area contributed by atoms with Gasteiger partial charge in [-0.1, -0.05) is 126 Å². The number of ketones is 1. The molecule has 0 aliphatic rings. The van der Waals surface area contributed by atoms with Gasteiger partial charge < -0.3 is 0 Å². The van der Waals surface area contributed by atoms with E-state index in [1.165, 1.54) is 95.4 Å². The van der Waals surface area contributed by atoms with Crippen molar-refractivity contribution in [3.05, 3.63) is 66.5 Å². The first-order valence-electron chi connectivity index (χ1n) is 13.8. The number of aromatic nitrogens is 2. The van der Waals surface area contributed by atoms with E-state index in [4.69, 9.17) is 0 Å². The molecule has 3 rings (SSSR count). The largest absolute Gasteiger partial charge is 0.290 e. The number of hydrogen-bond acceptors (Lipinski definition) is 1. The van der Waals surface area contributed by atoms with Crippen LogP contribution in [0.5, 0.6) is 0 Å². The molecule has 184 valence electrons. The molecule has 0 unspecified atom stereocenters. The summed E-state index contributed by atoms with van der Waals surface area (Å²) < 4.78 is 4.43. The highest BCUT2D eigenvalue weighted by atomic mass is 16.1. The molecule has 3 heteroatoms. The van der Waals surface area contributed by atoms with E-state index >= 15 is 0 Å². The van der Waals surface area contributed by atoms with Gasteiger partial charge in [-0.05, 0) is 25.0 Å². The van der Waals surface area contributed by atoms with Gasteiger partial charge in [-0.2, -0.15) is 0 Å². The predicted molar refractivity (Wildman–Crippen MR) is 143 cm³/mol. The van der Waals surface area contributed by atoms with Gasteiger partial charge in [0.1, 0.15) is 0 Å². The van der Waals surface area contributed by atoms with E-state index in [1.54, 1.807) is 0 Å². The first-order valence-corrected chi connectivity index (χ1v) is 13.8. The van der Waals surface area contributed by atoms with Crippen LogP contribution >= 0.6 is 0 Å². The summed E-state index contributed by atoms with van der Waals surface area (Å²) in [5.74, 6) is 0.157. The summed E-state index contributed by atoms with van der Waals surface area (Å²) in [6.07, 6.45) is 21.5. The van der Waals surface area contributed by atoms with Crippen LogP contribution in [-0.2, 0) is 13.1 Å². The van der Waals surface area contributed by atoms with Gasteiger partial charge in [0, 0.05) is 5.56 Å². The molecule has 0 saturated heterocycles. The minimum atomic E-state index is 0.157. The molecule has 0 aliphatic carbocycles. The molecule has 0 saturated carbocycles. The quantitative estimate of drug-likeness (QED) is 0.106. The van der Waals surface area contributed by atoms with Crippen molar-refractivity contribution in [2.75, 3.05) is 0 Å². The zero-order chi connectivity index (χ0) is 23.8. The van der Waals surface area contributed by atoms with Gasteiger partial charge in [-0.3, -0.25) is 4.79 Å².